The van der Waals surface area contributed by atoms with E-state index in [-0.39, 0.29) is 0 Å². The lowest BCUT2D eigenvalue weighted by Crippen LogP contribution is -2.16. The van der Waals surface area contributed by atoms with Crippen LogP contribution >= 0.6 is 11.3 Å². The molecule has 0 bridgehead atoms. The van der Waals surface area contributed by atoms with Gasteiger partial charge in [0.1, 0.15) is 0 Å². The van der Waals surface area contributed by atoms with Crippen LogP contribution < -0.4 is 5.32 Å². The second-order valence-electron chi connectivity index (χ2n) is 3.26. The van der Waals surface area contributed by atoms with Gasteiger partial charge in [-0.25, -0.2) is 0 Å². The van der Waals surface area contributed by atoms with Crippen LogP contribution in [0.1, 0.15) is 11.7 Å². The number of rotatable bonds is 3. The predicted octanol–water partition coefficient (Wildman–Crippen LogP) is 2.15. The Balaban J connectivity index is 2.45. The first-order valence-electron chi connectivity index (χ1n) is 4.61. The van der Waals surface area contributed by atoms with Gasteiger partial charge in [-0.1, -0.05) is 18.2 Å². The first-order chi connectivity index (χ1) is 6.83. The second-order valence-corrected chi connectivity index (χ2v) is 4.18. The zero-order valence-electron chi connectivity index (χ0n) is 8.03. The minimum atomic E-state index is -0.414. The van der Waals surface area contributed by atoms with E-state index < -0.39 is 6.10 Å². The molecule has 1 aromatic heterocycles. The number of benzene rings is 1. The molecule has 0 aliphatic rings. The zero-order chi connectivity index (χ0) is 9.97. The summed E-state index contributed by atoms with van der Waals surface area (Å²) in [6.07, 6.45) is -0.414. The number of likely N-dealkylation sites (N-methyl/N-ethyl adjacent to an activating group) is 1. The minimum absolute atomic E-state index is 0.414. The van der Waals surface area contributed by atoms with Crippen LogP contribution in [0.4, 0.5) is 0 Å². The van der Waals surface area contributed by atoms with Crippen molar-refractivity contribution in [1.29, 1.82) is 0 Å². The molecule has 0 saturated carbocycles. The number of nitrogens with one attached hydrogen (secondary N) is 1. The third kappa shape index (κ3) is 1.66. The van der Waals surface area contributed by atoms with Crippen LogP contribution in [-0.4, -0.2) is 18.7 Å². The number of hydrogen-bond acceptors (Lipinski definition) is 3. The molecular formula is C11H13NOS. The molecule has 0 fully saturated rings. The fourth-order valence-electron chi connectivity index (χ4n) is 1.58. The number of hydrogen-bond donors (Lipinski definition) is 2. The Hall–Kier alpha value is -0.900. The van der Waals surface area contributed by atoms with Gasteiger partial charge < -0.3 is 10.4 Å². The maximum absolute atomic E-state index is 9.88. The highest BCUT2D eigenvalue weighted by Crippen LogP contribution is 2.28. The van der Waals surface area contributed by atoms with Crippen LogP contribution in [0.2, 0.25) is 0 Å². The lowest BCUT2D eigenvalue weighted by Gasteiger charge is -2.10. The molecule has 2 N–H and O–H groups in total. The molecule has 0 radical (unpaired) electrons. The van der Waals surface area contributed by atoms with E-state index in [4.69, 9.17) is 0 Å². The standard InChI is InChI=1S/C11H13NOS/c1-12-7-10(13)9-4-2-3-8-5-6-14-11(8)9/h2-6,10,12-13H,7H2,1H3. The van der Waals surface area contributed by atoms with Crippen molar-refractivity contribution in [2.75, 3.05) is 13.6 Å². The van der Waals surface area contributed by atoms with E-state index in [1.165, 1.54) is 10.1 Å². The molecule has 1 aromatic carbocycles. The van der Waals surface area contributed by atoms with Crippen molar-refractivity contribution in [2.45, 2.75) is 6.10 Å². The molecule has 2 rings (SSSR count). The fraction of sp³-hybridized carbons (Fsp3) is 0.273. The smallest absolute Gasteiger partial charge is 0.0928 e. The van der Waals surface area contributed by atoms with Gasteiger partial charge in [0.15, 0.2) is 0 Å². The normalized spacial score (nSPS) is 13.3. The van der Waals surface area contributed by atoms with Gasteiger partial charge in [-0.3, -0.25) is 0 Å². The molecule has 1 unspecified atom stereocenters. The maximum Gasteiger partial charge on any atom is 0.0928 e. The summed E-state index contributed by atoms with van der Waals surface area (Å²) >= 11 is 1.68. The summed E-state index contributed by atoms with van der Waals surface area (Å²) in [5.74, 6) is 0. The highest BCUT2D eigenvalue weighted by atomic mass is 32.1. The SMILES string of the molecule is CNCC(O)c1cccc2ccsc12. The van der Waals surface area contributed by atoms with Gasteiger partial charge in [-0.2, -0.15) is 0 Å². The second kappa shape index (κ2) is 4.09. The molecule has 0 saturated heterocycles. The molecule has 0 amide bonds. The first kappa shape index (κ1) is 9.65. The van der Waals surface area contributed by atoms with Gasteiger partial charge in [0, 0.05) is 11.2 Å². The summed E-state index contributed by atoms with van der Waals surface area (Å²) in [6.45, 7) is 0.594. The number of aliphatic hydroxyl groups excluding tert-OH is 1. The van der Waals surface area contributed by atoms with Gasteiger partial charge in [0.05, 0.1) is 6.10 Å². The first-order valence-corrected chi connectivity index (χ1v) is 5.49. The van der Waals surface area contributed by atoms with Gasteiger partial charge >= 0.3 is 0 Å². The van der Waals surface area contributed by atoms with Gasteiger partial charge in [-0.05, 0) is 29.4 Å². The molecule has 0 spiro atoms. The van der Waals surface area contributed by atoms with Gasteiger partial charge in [0.25, 0.3) is 0 Å². The van der Waals surface area contributed by atoms with E-state index in [0.717, 1.165) is 5.56 Å². The van der Waals surface area contributed by atoms with Crippen LogP contribution in [-0.2, 0) is 0 Å². The van der Waals surface area contributed by atoms with Crippen LogP contribution in [0.15, 0.2) is 29.6 Å². The topological polar surface area (TPSA) is 32.3 Å². The van der Waals surface area contributed by atoms with Crippen LogP contribution in [0.5, 0.6) is 0 Å². The maximum atomic E-state index is 9.88. The van der Waals surface area contributed by atoms with Crippen molar-refractivity contribution in [3.05, 3.63) is 35.2 Å². The van der Waals surface area contributed by atoms with Crippen molar-refractivity contribution in [2.24, 2.45) is 0 Å². The van der Waals surface area contributed by atoms with Crippen molar-refractivity contribution in [3.63, 3.8) is 0 Å². The lowest BCUT2D eigenvalue weighted by molar-refractivity contribution is 0.179. The lowest BCUT2D eigenvalue weighted by atomic mass is 10.1. The van der Waals surface area contributed by atoms with Crippen molar-refractivity contribution < 1.29 is 5.11 Å². The molecule has 3 heteroatoms. The van der Waals surface area contributed by atoms with E-state index in [2.05, 4.69) is 22.8 Å². The Bertz CT molecular complexity index is 424. The van der Waals surface area contributed by atoms with E-state index in [9.17, 15) is 5.11 Å². The third-order valence-corrected chi connectivity index (χ3v) is 3.25. The Morgan fingerprint density at radius 1 is 1.43 bits per heavy atom. The summed E-state index contributed by atoms with van der Waals surface area (Å²) in [4.78, 5) is 0. The van der Waals surface area contributed by atoms with Crippen molar-refractivity contribution in [3.8, 4) is 0 Å². The van der Waals surface area contributed by atoms with Gasteiger partial charge in [0.2, 0.25) is 0 Å². The minimum Gasteiger partial charge on any atom is -0.387 e. The molecule has 0 aliphatic carbocycles. The molecule has 2 nitrogen and oxygen atoms in total. The van der Waals surface area contributed by atoms with Crippen LogP contribution in [0, 0.1) is 0 Å². The Labute approximate surface area is 87.2 Å². The number of thiophene rings is 1. The third-order valence-electron chi connectivity index (χ3n) is 2.27. The Morgan fingerprint density at radius 3 is 3.07 bits per heavy atom. The molecule has 2 aromatic rings. The highest BCUT2D eigenvalue weighted by Gasteiger charge is 2.10. The molecule has 14 heavy (non-hydrogen) atoms. The molecule has 74 valence electrons. The monoisotopic (exact) mass is 207 g/mol. The Kier molecular flexibility index (Phi) is 2.82. The average molecular weight is 207 g/mol. The zero-order valence-corrected chi connectivity index (χ0v) is 8.84. The van der Waals surface area contributed by atoms with E-state index in [1.54, 1.807) is 11.3 Å². The summed E-state index contributed by atoms with van der Waals surface area (Å²) in [5, 5.41) is 16.1. The number of fused-ring (bicyclic) bond motifs is 1. The molecule has 0 aliphatic heterocycles. The summed E-state index contributed by atoms with van der Waals surface area (Å²) < 4.78 is 1.19. The molecular weight excluding hydrogens is 194 g/mol. The van der Waals surface area contributed by atoms with Crippen molar-refractivity contribution in [1.82, 2.24) is 5.32 Å². The Morgan fingerprint density at radius 2 is 2.29 bits per heavy atom. The fourth-order valence-corrected chi connectivity index (χ4v) is 2.54. The van der Waals surface area contributed by atoms with Crippen LogP contribution in [0.25, 0.3) is 10.1 Å². The van der Waals surface area contributed by atoms with Gasteiger partial charge in [-0.15, -0.1) is 11.3 Å². The van der Waals surface area contributed by atoms with E-state index in [1.807, 2.05) is 19.2 Å². The van der Waals surface area contributed by atoms with Crippen LogP contribution in [0.3, 0.4) is 0 Å². The largest absolute Gasteiger partial charge is 0.387 e. The quantitative estimate of drug-likeness (QED) is 0.808. The highest BCUT2D eigenvalue weighted by molar-refractivity contribution is 7.17. The van der Waals surface area contributed by atoms with E-state index >= 15 is 0 Å². The molecule has 1 atom stereocenters. The molecule has 1 heterocycles. The summed E-state index contributed by atoms with van der Waals surface area (Å²) in [6, 6.07) is 8.13. The summed E-state index contributed by atoms with van der Waals surface area (Å²) in [7, 11) is 1.85. The number of aliphatic hydroxyl groups is 1. The van der Waals surface area contributed by atoms with E-state index in [0.29, 0.717) is 6.54 Å². The predicted molar refractivity (Wildman–Crippen MR) is 60.7 cm³/mol. The average Bonchev–Trinajstić information content (AvgIpc) is 2.65. The summed E-state index contributed by atoms with van der Waals surface area (Å²) in [5.41, 5.74) is 1.02. The van der Waals surface area contributed by atoms with Crippen molar-refractivity contribution >= 4 is 21.4 Å².